The molecule has 0 bridgehead atoms. The van der Waals surface area contributed by atoms with Crippen LogP contribution in [0.4, 0.5) is 0 Å². The van der Waals surface area contributed by atoms with Crippen LogP contribution < -0.4 is 5.73 Å². The summed E-state index contributed by atoms with van der Waals surface area (Å²) in [6.45, 7) is 3.80. The Hall–Kier alpha value is -0.960. The number of benzene rings is 1. The molecule has 90 valence electrons. The maximum Gasteiger partial charge on any atom is 0.106 e. The number of halogens is 2. The summed E-state index contributed by atoms with van der Waals surface area (Å²) >= 11 is 11.9. The molecule has 0 aliphatic carbocycles. The molecule has 0 saturated heterocycles. The summed E-state index contributed by atoms with van der Waals surface area (Å²) in [7, 11) is 0. The summed E-state index contributed by atoms with van der Waals surface area (Å²) in [6.07, 6.45) is 0. The maximum absolute atomic E-state index is 6.19. The third kappa shape index (κ3) is 2.49. The van der Waals surface area contributed by atoms with Gasteiger partial charge in [0.2, 0.25) is 0 Å². The Balaban J connectivity index is 2.40. The van der Waals surface area contributed by atoms with Gasteiger partial charge in [0.05, 0.1) is 16.1 Å². The summed E-state index contributed by atoms with van der Waals surface area (Å²) in [6, 6.07) is 7.11. The van der Waals surface area contributed by atoms with Crippen molar-refractivity contribution in [1.82, 2.24) is 0 Å². The molecule has 0 fully saturated rings. The van der Waals surface area contributed by atoms with E-state index < -0.39 is 0 Å². The topological polar surface area (TPSA) is 39.2 Å². The van der Waals surface area contributed by atoms with Crippen molar-refractivity contribution in [1.29, 1.82) is 0 Å². The van der Waals surface area contributed by atoms with E-state index in [2.05, 4.69) is 0 Å². The van der Waals surface area contributed by atoms with Gasteiger partial charge in [0.25, 0.3) is 0 Å². The average molecular weight is 270 g/mol. The van der Waals surface area contributed by atoms with Crippen molar-refractivity contribution >= 4 is 23.2 Å². The van der Waals surface area contributed by atoms with Crippen molar-refractivity contribution in [3.05, 3.63) is 57.0 Å². The Morgan fingerprint density at radius 2 is 1.82 bits per heavy atom. The summed E-state index contributed by atoms with van der Waals surface area (Å²) < 4.78 is 5.47. The first kappa shape index (κ1) is 12.5. The van der Waals surface area contributed by atoms with Crippen LogP contribution in [0.5, 0.6) is 0 Å². The van der Waals surface area contributed by atoms with Crippen LogP contribution in [0.15, 0.2) is 28.7 Å². The van der Waals surface area contributed by atoms with Crippen molar-refractivity contribution in [3.8, 4) is 0 Å². The molecule has 17 heavy (non-hydrogen) atoms. The summed E-state index contributed by atoms with van der Waals surface area (Å²) in [5.41, 5.74) is 8.08. The van der Waals surface area contributed by atoms with Crippen LogP contribution in [-0.4, -0.2) is 0 Å². The molecule has 1 heterocycles. The Bertz CT molecular complexity index is 548. The third-order valence-corrected chi connectivity index (χ3v) is 3.46. The third-order valence-electron chi connectivity index (χ3n) is 2.72. The van der Waals surface area contributed by atoms with Crippen molar-refractivity contribution in [2.24, 2.45) is 5.73 Å². The molecule has 0 amide bonds. The Morgan fingerprint density at radius 3 is 2.35 bits per heavy atom. The minimum absolute atomic E-state index is 0.248. The number of nitrogens with two attached hydrogens (primary N) is 1. The smallest absolute Gasteiger partial charge is 0.106 e. The van der Waals surface area contributed by atoms with E-state index in [9.17, 15) is 0 Å². The number of rotatable bonds is 2. The van der Waals surface area contributed by atoms with Gasteiger partial charge in [0, 0.05) is 5.56 Å². The van der Waals surface area contributed by atoms with Gasteiger partial charge in [-0.1, -0.05) is 29.3 Å². The standard InChI is InChI=1S/C13H13Cl2NO/c1-7-5-10(8(2)17-7)13(16)9-3-4-11(14)12(15)6-9/h3-6,13H,16H2,1-2H3. The van der Waals surface area contributed by atoms with E-state index in [1.54, 1.807) is 12.1 Å². The Kier molecular flexibility index (Phi) is 3.48. The van der Waals surface area contributed by atoms with Crippen LogP contribution >= 0.6 is 23.2 Å². The van der Waals surface area contributed by atoms with Gasteiger partial charge in [-0.15, -0.1) is 0 Å². The van der Waals surface area contributed by atoms with E-state index in [0.29, 0.717) is 10.0 Å². The van der Waals surface area contributed by atoms with Gasteiger partial charge in [-0.3, -0.25) is 0 Å². The lowest BCUT2D eigenvalue weighted by Gasteiger charge is -2.12. The highest BCUT2D eigenvalue weighted by Gasteiger charge is 2.15. The minimum Gasteiger partial charge on any atom is -0.466 e. The zero-order valence-electron chi connectivity index (χ0n) is 9.63. The molecule has 1 atom stereocenters. The molecule has 0 saturated carbocycles. The molecule has 1 aromatic heterocycles. The SMILES string of the molecule is Cc1cc(C(N)c2ccc(Cl)c(Cl)c2)c(C)o1. The zero-order valence-corrected chi connectivity index (χ0v) is 11.1. The normalized spacial score (nSPS) is 12.8. The van der Waals surface area contributed by atoms with E-state index in [4.69, 9.17) is 33.4 Å². The molecular weight excluding hydrogens is 257 g/mol. The van der Waals surface area contributed by atoms with Gasteiger partial charge in [0.1, 0.15) is 11.5 Å². The second-order valence-electron chi connectivity index (χ2n) is 4.02. The fraction of sp³-hybridized carbons (Fsp3) is 0.231. The molecule has 0 aliphatic heterocycles. The van der Waals surface area contributed by atoms with Gasteiger partial charge in [-0.05, 0) is 37.6 Å². The molecule has 1 aromatic carbocycles. The van der Waals surface area contributed by atoms with Crippen LogP contribution in [0, 0.1) is 13.8 Å². The highest BCUT2D eigenvalue weighted by atomic mass is 35.5. The fourth-order valence-corrected chi connectivity index (χ4v) is 2.15. The monoisotopic (exact) mass is 269 g/mol. The van der Waals surface area contributed by atoms with Crippen LogP contribution in [0.2, 0.25) is 10.0 Å². The number of hydrogen-bond acceptors (Lipinski definition) is 2. The van der Waals surface area contributed by atoms with Crippen molar-refractivity contribution in [3.63, 3.8) is 0 Å². The van der Waals surface area contributed by atoms with Gasteiger partial charge >= 0.3 is 0 Å². The molecule has 0 radical (unpaired) electrons. The predicted octanol–water partition coefficient (Wildman–Crippen LogP) is 4.25. The molecule has 2 nitrogen and oxygen atoms in total. The molecule has 4 heteroatoms. The van der Waals surface area contributed by atoms with E-state index >= 15 is 0 Å². The quantitative estimate of drug-likeness (QED) is 0.885. The van der Waals surface area contributed by atoms with E-state index in [0.717, 1.165) is 22.6 Å². The van der Waals surface area contributed by atoms with E-state index in [-0.39, 0.29) is 6.04 Å². The summed E-state index contributed by atoms with van der Waals surface area (Å²) in [4.78, 5) is 0. The van der Waals surface area contributed by atoms with Crippen LogP contribution in [-0.2, 0) is 0 Å². The molecule has 1 unspecified atom stereocenters. The highest BCUT2D eigenvalue weighted by Crippen LogP contribution is 2.29. The fourth-order valence-electron chi connectivity index (χ4n) is 1.84. The average Bonchev–Trinajstić information content (AvgIpc) is 2.61. The van der Waals surface area contributed by atoms with E-state index in [1.165, 1.54) is 0 Å². The second kappa shape index (κ2) is 4.73. The Morgan fingerprint density at radius 1 is 1.12 bits per heavy atom. The van der Waals surface area contributed by atoms with Crippen LogP contribution in [0.1, 0.15) is 28.7 Å². The van der Waals surface area contributed by atoms with E-state index in [1.807, 2.05) is 26.0 Å². The molecule has 0 spiro atoms. The zero-order chi connectivity index (χ0) is 12.6. The largest absolute Gasteiger partial charge is 0.466 e. The molecule has 0 aliphatic rings. The Labute approximate surface area is 110 Å². The summed E-state index contributed by atoms with van der Waals surface area (Å²) in [5, 5.41) is 1.04. The minimum atomic E-state index is -0.248. The molecule has 2 N–H and O–H groups in total. The lowest BCUT2D eigenvalue weighted by molar-refractivity contribution is 0.499. The highest BCUT2D eigenvalue weighted by molar-refractivity contribution is 6.42. The number of aryl methyl sites for hydroxylation is 2. The van der Waals surface area contributed by atoms with Crippen LogP contribution in [0.3, 0.4) is 0 Å². The first-order chi connectivity index (χ1) is 7.99. The maximum atomic E-state index is 6.19. The van der Waals surface area contributed by atoms with Crippen LogP contribution in [0.25, 0.3) is 0 Å². The number of hydrogen-bond donors (Lipinski definition) is 1. The van der Waals surface area contributed by atoms with Gasteiger partial charge in [0.15, 0.2) is 0 Å². The first-order valence-electron chi connectivity index (χ1n) is 5.26. The van der Waals surface area contributed by atoms with Crippen molar-refractivity contribution in [2.45, 2.75) is 19.9 Å². The molecule has 2 aromatic rings. The molecular formula is C13H13Cl2NO. The second-order valence-corrected chi connectivity index (χ2v) is 4.83. The number of furan rings is 1. The summed E-state index contributed by atoms with van der Waals surface area (Å²) in [5.74, 6) is 1.69. The first-order valence-corrected chi connectivity index (χ1v) is 6.02. The lowest BCUT2D eigenvalue weighted by Crippen LogP contribution is -2.12. The predicted molar refractivity (Wildman–Crippen MR) is 70.7 cm³/mol. The van der Waals surface area contributed by atoms with Gasteiger partial charge < -0.3 is 10.2 Å². The van der Waals surface area contributed by atoms with Crippen molar-refractivity contribution < 1.29 is 4.42 Å². The van der Waals surface area contributed by atoms with Crippen molar-refractivity contribution in [2.75, 3.05) is 0 Å². The van der Waals surface area contributed by atoms with Gasteiger partial charge in [-0.2, -0.15) is 0 Å². The molecule has 2 rings (SSSR count). The van der Waals surface area contributed by atoms with Gasteiger partial charge in [-0.25, -0.2) is 0 Å². The lowest BCUT2D eigenvalue weighted by atomic mass is 10.00.